The molecule has 1 aromatic carbocycles. The highest BCUT2D eigenvalue weighted by Gasteiger charge is 2.41. The van der Waals surface area contributed by atoms with Gasteiger partial charge in [0, 0.05) is 37.3 Å². The monoisotopic (exact) mass is 515 g/mol. The van der Waals surface area contributed by atoms with E-state index in [2.05, 4.69) is 4.98 Å². The molecule has 3 heterocycles. The number of nitrogens with zero attached hydrogens (tertiary/aromatic N) is 4. The summed E-state index contributed by atoms with van der Waals surface area (Å²) in [5.41, 5.74) is 6.90. The quantitative estimate of drug-likeness (QED) is 0.430. The number of hydrogen-bond acceptors (Lipinski definition) is 7. The predicted octanol–water partition coefficient (Wildman–Crippen LogP) is 5.01. The fourth-order valence-electron chi connectivity index (χ4n) is 4.40. The van der Waals surface area contributed by atoms with Gasteiger partial charge in [0.05, 0.1) is 19.2 Å². The highest BCUT2D eigenvalue weighted by atomic mass is 32.1. The van der Waals surface area contributed by atoms with Crippen LogP contribution >= 0.6 is 11.3 Å². The summed E-state index contributed by atoms with van der Waals surface area (Å²) < 4.78 is 28.0. The van der Waals surface area contributed by atoms with E-state index >= 15 is 0 Å². The number of halogens is 1. The highest BCUT2D eigenvalue weighted by molar-refractivity contribution is 7.13. The van der Waals surface area contributed by atoms with Crippen LogP contribution in [0.4, 0.5) is 9.18 Å². The standard InChI is InChI=1S/C26H34FN5O3S/c1-26(2,3)22(32(16-19(27)14-28)25(33)35-21-10-7-12-34-21)23-30-20(24-29-11-13-36-24)17-31(23)15-18-8-5-4-6-9-18/h4-6,8-9,11,13,17,19,21-22H,7,10,12,14-16,28H2,1-3H3/t19-,21+,22+/m1/s1. The van der Waals surface area contributed by atoms with E-state index in [1.807, 2.05) is 67.2 Å². The molecule has 0 unspecified atom stereocenters. The first-order chi connectivity index (χ1) is 17.3. The van der Waals surface area contributed by atoms with Gasteiger partial charge >= 0.3 is 6.09 Å². The zero-order valence-corrected chi connectivity index (χ0v) is 21.8. The minimum Gasteiger partial charge on any atom is -0.419 e. The van der Waals surface area contributed by atoms with Crippen LogP contribution in [0.1, 0.15) is 51.0 Å². The first kappa shape index (κ1) is 26.2. The number of carbonyl (C=O) groups excluding carboxylic acids is 1. The van der Waals surface area contributed by atoms with Crippen molar-refractivity contribution in [2.75, 3.05) is 19.7 Å². The number of amides is 1. The van der Waals surface area contributed by atoms with E-state index in [9.17, 15) is 9.18 Å². The Morgan fingerprint density at radius 3 is 2.75 bits per heavy atom. The van der Waals surface area contributed by atoms with Gasteiger partial charge in [-0.15, -0.1) is 11.3 Å². The second-order valence-electron chi connectivity index (χ2n) is 10.0. The summed E-state index contributed by atoms with van der Waals surface area (Å²) in [5, 5.41) is 2.67. The van der Waals surface area contributed by atoms with Crippen LogP contribution in [-0.4, -0.2) is 57.7 Å². The Morgan fingerprint density at radius 1 is 1.36 bits per heavy atom. The van der Waals surface area contributed by atoms with Gasteiger partial charge in [-0.05, 0) is 17.4 Å². The van der Waals surface area contributed by atoms with Crippen molar-refractivity contribution in [3.63, 3.8) is 0 Å². The van der Waals surface area contributed by atoms with Crippen LogP contribution in [0.25, 0.3) is 10.7 Å². The topological polar surface area (TPSA) is 95.5 Å². The van der Waals surface area contributed by atoms with Crippen LogP contribution in [0.15, 0.2) is 48.1 Å². The van der Waals surface area contributed by atoms with Gasteiger partial charge in [-0.1, -0.05) is 51.1 Å². The number of hydrogen-bond donors (Lipinski definition) is 1. The van der Waals surface area contributed by atoms with Crippen LogP contribution in [0.3, 0.4) is 0 Å². The second-order valence-corrected chi connectivity index (χ2v) is 10.9. The summed E-state index contributed by atoms with van der Waals surface area (Å²) in [5.74, 6) is 0.630. The Labute approximate surface area is 215 Å². The molecule has 1 saturated heterocycles. The van der Waals surface area contributed by atoms with Gasteiger partial charge in [0.2, 0.25) is 6.29 Å². The molecule has 4 rings (SSSR count). The smallest absolute Gasteiger partial charge is 0.412 e. The first-order valence-corrected chi connectivity index (χ1v) is 13.1. The minimum absolute atomic E-state index is 0.205. The number of carbonyl (C=O) groups is 1. The van der Waals surface area contributed by atoms with Gasteiger partial charge < -0.3 is 19.8 Å². The fraction of sp³-hybridized carbons (Fsp3) is 0.500. The largest absolute Gasteiger partial charge is 0.419 e. The molecule has 0 radical (unpaired) electrons. The molecule has 0 bridgehead atoms. The molecule has 2 aromatic heterocycles. The number of benzene rings is 1. The molecule has 0 aliphatic carbocycles. The lowest BCUT2D eigenvalue weighted by Gasteiger charge is -2.40. The maximum atomic E-state index is 14.8. The van der Waals surface area contributed by atoms with Crippen LogP contribution in [0.2, 0.25) is 0 Å². The molecule has 3 aromatic rings. The highest BCUT2D eigenvalue weighted by Crippen LogP contribution is 2.40. The van der Waals surface area contributed by atoms with Gasteiger partial charge in [-0.2, -0.15) is 0 Å². The number of nitrogens with two attached hydrogens (primary N) is 1. The SMILES string of the molecule is CC(C)(C)[C@H](c1nc(-c2nccs2)cn1Cc1ccccc1)N(C[C@H](F)CN)C(=O)O[C@H]1CCCO1. The third-order valence-corrected chi connectivity index (χ3v) is 6.83. The number of thiazole rings is 1. The number of alkyl halides is 1. The van der Waals surface area contributed by atoms with Crippen molar-refractivity contribution < 1.29 is 18.7 Å². The number of aromatic nitrogens is 3. The normalized spacial score (nSPS) is 17.6. The molecule has 0 saturated carbocycles. The average molecular weight is 516 g/mol. The lowest BCUT2D eigenvalue weighted by Crippen LogP contribution is -2.47. The maximum Gasteiger partial charge on any atom is 0.412 e. The van der Waals surface area contributed by atoms with E-state index in [4.69, 9.17) is 20.2 Å². The van der Waals surface area contributed by atoms with Crippen LogP contribution in [0.5, 0.6) is 0 Å². The summed E-state index contributed by atoms with van der Waals surface area (Å²) in [6.45, 7) is 6.66. The lowest BCUT2D eigenvalue weighted by molar-refractivity contribution is -0.0868. The fourth-order valence-corrected chi connectivity index (χ4v) is 4.99. The van der Waals surface area contributed by atoms with E-state index in [1.54, 1.807) is 6.20 Å². The molecular weight excluding hydrogens is 481 g/mol. The molecule has 1 fully saturated rings. The first-order valence-electron chi connectivity index (χ1n) is 12.2. The van der Waals surface area contributed by atoms with Crippen molar-refractivity contribution in [1.29, 1.82) is 0 Å². The van der Waals surface area contributed by atoms with Gasteiger partial charge in [0.25, 0.3) is 0 Å². The van der Waals surface area contributed by atoms with Crippen molar-refractivity contribution in [3.05, 3.63) is 59.5 Å². The summed E-state index contributed by atoms with van der Waals surface area (Å²) in [6, 6.07) is 9.40. The van der Waals surface area contributed by atoms with E-state index < -0.39 is 30.0 Å². The van der Waals surface area contributed by atoms with Crippen molar-refractivity contribution in [2.45, 2.75) is 58.7 Å². The van der Waals surface area contributed by atoms with Crippen LogP contribution in [-0.2, 0) is 16.0 Å². The number of ether oxygens (including phenoxy) is 2. The van der Waals surface area contributed by atoms with Crippen molar-refractivity contribution in [1.82, 2.24) is 19.4 Å². The third kappa shape index (κ3) is 6.29. The van der Waals surface area contributed by atoms with E-state index in [-0.39, 0.29) is 13.1 Å². The third-order valence-electron chi connectivity index (χ3n) is 6.04. The van der Waals surface area contributed by atoms with Gasteiger partial charge in [-0.3, -0.25) is 4.90 Å². The maximum absolute atomic E-state index is 14.8. The molecule has 1 aliphatic heterocycles. The van der Waals surface area contributed by atoms with E-state index in [0.717, 1.165) is 17.0 Å². The Balaban J connectivity index is 1.78. The Kier molecular flexibility index (Phi) is 8.38. The van der Waals surface area contributed by atoms with Gasteiger partial charge in [0.1, 0.15) is 22.7 Å². The molecule has 1 amide bonds. The van der Waals surface area contributed by atoms with Gasteiger partial charge in [0.15, 0.2) is 0 Å². The van der Waals surface area contributed by atoms with Gasteiger partial charge in [-0.25, -0.2) is 19.2 Å². The van der Waals surface area contributed by atoms with Crippen LogP contribution in [0, 0.1) is 5.41 Å². The zero-order valence-electron chi connectivity index (χ0n) is 21.0. The number of rotatable bonds is 9. The van der Waals surface area contributed by atoms with E-state index in [1.165, 1.54) is 16.2 Å². The molecular formula is C26H34FN5O3S. The summed E-state index contributed by atoms with van der Waals surface area (Å²) >= 11 is 1.49. The Hall–Kier alpha value is -2.82. The summed E-state index contributed by atoms with van der Waals surface area (Å²) in [7, 11) is 0. The van der Waals surface area contributed by atoms with Crippen molar-refractivity contribution >= 4 is 17.4 Å². The van der Waals surface area contributed by atoms with Crippen molar-refractivity contribution in [2.24, 2.45) is 11.1 Å². The Morgan fingerprint density at radius 2 is 2.14 bits per heavy atom. The molecule has 10 heteroatoms. The lowest BCUT2D eigenvalue weighted by atomic mass is 9.84. The van der Waals surface area contributed by atoms with Crippen LogP contribution < -0.4 is 5.73 Å². The second kappa shape index (κ2) is 11.5. The number of imidazole rings is 1. The molecule has 8 nitrogen and oxygen atoms in total. The molecule has 1 aliphatic rings. The van der Waals surface area contributed by atoms with E-state index in [0.29, 0.717) is 31.1 Å². The zero-order chi connectivity index (χ0) is 25.7. The predicted molar refractivity (Wildman–Crippen MR) is 137 cm³/mol. The Bertz CT molecular complexity index is 1110. The minimum atomic E-state index is -1.41. The molecule has 0 spiro atoms. The molecule has 3 atom stereocenters. The molecule has 36 heavy (non-hydrogen) atoms. The molecule has 2 N–H and O–H groups in total. The summed E-state index contributed by atoms with van der Waals surface area (Å²) in [4.78, 5) is 24.3. The summed E-state index contributed by atoms with van der Waals surface area (Å²) in [6.07, 6.45) is 2.43. The van der Waals surface area contributed by atoms with Crippen molar-refractivity contribution in [3.8, 4) is 10.7 Å². The molecule has 194 valence electrons. The average Bonchev–Trinajstić information content (AvgIpc) is 3.61.